The predicted octanol–water partition coefficient (Wildman–Crippen LogP) is 4.09. The third kappa shape index (κ3) is 5.41. The number of nitrogens with one attached hydrogen (secondary N) is 1. The molecule has 0 radical (unpaired) electrons. The van der Waals surface area contributed by atoms with Crippen molar-refractivity contribution in [2.24, 2.45) is 0 Å². The highest BCUT2D eigenvalue weighted by Crippen LogP contribution is 2.11. The van der Waals surface area contributed by atoms with Crippen LogP contribution in [0.1, 0.15) is 30.5 Å². The molecule has 2 aromatic rings. The molecule has 0 saturated carbocycles. The summed E-state index contributed by atoms with van der Waals surface area (Å²) in [5, 5.41) is 3.17. The quantitative estimate of drug-likeness (QED) is 0.827. The highest BCUT2D eigenvalue weighted by molar-refractivity contribution is 5.24. The molecule has 0 saturated heterocycles. The van der Waals surface area contributed by atoms with Crippen LogP contribution >= 0.6 is 0 Å². The molecular formula is C19H24F2N2. The normalized spacial score (nSPS) is 11.4. The molecule has 4 heteroatoms. The Kier molecular flexibility index (Phi) is 6.25. The van der Waals surface area contributed by atoms with Crippen LogP contribution in [0.2, 0.25) is 0 Å². The molecule has 0 aliphatic heterocycles. The first kappa shape index (κ1) is 17.6. The molecule has 2 aromatic carbocycles. The lowest BCUT2D eigenvalue weighted by molar-refractivity contribution is 0.266. The summed E-state index contributed by atoms with van der Waals surface area (Å²) in [7, 11) is 2.10. The largest absolute Gasteiger partial charge is 0.309 e. The van der Waals surface area contributed by atoms with E-state index in [0.717, 1.165) is 24.2 Å². The van der Waals surface area contributed by atoms with E-state index in [4.69, 9.17) is 0 Å². The highest BCUT2D eigenvalue weighted by atomic mass is 19.1. The number of rotatable bonds is 7. The molecule has 0 fully saturated rings. The molecule has 0 aliphatic carbocycles. The fraction of sp³-hybridized carbons (Fsp3) is 0.368. The average Bonchev–Trinajstić information content (AvgIpc) is 2.51. The van der Waals surface area contributed by atoms with Gasteiger partial charge in [-0.3, -0.25) is 4.90 Å². The number of nitrogens with zero attached hydrogens (tertiary/aromatic N) is 1. The Morgan fingerprint density at radius 3 is 2.48 bits per heavy atom. The van der Waals surface area contributed by atoms with Crippen LogP contribution in [0.25, 0.3) is 0 Å². The first-order valence-corrected chi connectivity index (χ1v) is 7.88. The van der Waals surface area contributed by atoms with E-state index < -0.39 is 5.82 Å². The smallest absolute Gasteiger partial charge is 0.127 e. The summed E-state index contributed by atoms with van der Waals surface area (Å²) >= 11 is 0. The van der Waals surface area contributed by atoms with Gasteiger partial charge in [0, 0.05) is 31.2 Å². The van der Waals surface area contributed by atoms with E-state index in [2.05, 4.69) is 43.2 Å². The number of halogens is 2. The second kappa shape index (κ2) is 8.18. The molecular weight excluding hydrogens is 294 g/mol. The topological polar surface area (TPSA) is 15.3 Å². The fourth-order valence-corrected chi connectivity index (χ4v) is 2.33. The maximum atomic E-state index is 13.6. The van der Waals surface area contributed by atoms with Gasteiger partial charge in [0.05, 0.1) is 0 Å². The molecule has 2 nitrogen and oxygen atoms in total. The number of hydrogen-bond acceptors (Lipinski definition) is 2. The zero-order valence-corrected chi connectivity index (χ0v) is 13.9. The van der Waals surface area contributed by atoms with Crippen molar-refractivity contribution in [2.45, 2.75) is 39.5 Å². The minimum atomic E-state index is -0.415. The summed E-state index contributed by atoms with van der Waals surface area (Å²) in [6.45, 7) is 6.15. The minimum Gasteiger partial charge on any atom is -0.309 e. The summed E-state index contributed by atoms with van der Waals surface area (Å²) in [4.78, 5) is 2.27. The molecule has 2 rings (SSSR count). The van der Waals surface area contributed by atoms with Gasteiger partial charge in [-0.25, -0.2) is 8.78 Å². The molecule has 0 bridgehead atoms. The van der Waals surface area contributed by atoms with Crippen LogP contribution in [-0.4, -0.2) is 18.0 Å². The van der Waals surface area contributed by atoms with Crippen molar-refractivity contribution in [2.75, 3.05) is 7.05 Å². The molecule has 0 amide bonds. The van der Waals surface area contributed by atoms with E-state index in [0.29, 0.717) is 24.7 Å². The van der Waals surface area contributed by atoms with Gasteiger partial charge in [0.15, 0.2) is 0 Å². The summed E-state index contributed by atoms with van der Waals surface area (Å²) in [5.74, 6) is -0.798. The number of benzene rings is 2. The van der Waals surface area contributed by atoms with Crippen molar-refractivity contribution in [3.63, 3.8) is 0 Å². The monoisotopic (exact) mass is 318 g/mol. The van der Waals surface area contributed by atoms with Gasteiger partial charge in [-0.05, 0) is 50.2 Å². The Morgan fingerprint density at radius 2 is 1.74 bits per heavy atom. The lowest BCUT2D eigenvalue weighted by atomic mass is 10.1. The van der Waals surface area contributed by atoms with Crippen LogP contribution in [0.15, 0.2) is 42.5 Å². The lowest BCUT2D eigenvalue weighted by Gasteiger charge is -2.21. The van der Waals surface area contributed by atoms with Crippen LogP contribution in [0.5, 0.6) is 0 Å². The Hall–Kier alpha value is -1.78. The predicted molar refractivity (Wildman–Crippen MR) is 89.9 cm³/mol. The van der Waals surface area contributed by atoms with Crippen molar-refractivity contribution in [1.29, 1.82) is 0 Å². The third-order valence-electron chi connectivity index (χ3n) is 3.96. The molecule has 1 N–H and O–H groups in total. The van der Waals surface area contributed by atoms with E-state index in [1.54, 1.807) is 0 Å². The van der Waals surface area contributed by atoms with Crippen molar-refractivity contribution >= 4 is 0 Å². The van der Waals surface area contributed by atoms with Crippen LogP contribution in [0.3, 0.4) is 0 Å². The van der Waals surface area contributed by atoms with E-state index in [1.165, 1.54) is 11.6 Å². The minimum absolute atomic E-state index is 0.305. The van der Waals surface area contributed by atoms with Crippen molar-refractivity contribution in [1.82, 2.24) is 10.2 Å². The molecule has 0 unspecified atom stereocenters. The number of hydrogen-bond donors (Lipinski definition) is 1. The van der Waals surface area contributed by atoms with Crippen LogP contribution in [0, 0.1) is 11.6 Å². The zero-order valence-electron chi connectivity index (χ0n) is 13.9. The molecule has 0 heterocycles. The standard InChI is InChI=1S/C19H24F2N2/c1-14(2)23(3)13-16-6-4-5-15(9-16)11-22-12-17-10-18(20)7-8-19(17)21/h4-10,14,22H,11-13H2,1-3H3. The maximum Gasteiger partial charge on any atom is 0.127 e. The molecule has 23 heavy (non-hydrogen) atoms. The van der Waals surface area contributed by atoms with E-state index in [-0.39, 0.29) is 5.82 Å². The Morgan fingerprint density at radius 1 is 1.00 bits per heavy atom. The second-order valence-electron chi connectivity index (χ2n) is 6.17. The van der Waals surface area contributed by atoms with Gasteiger partial charge in [-0.2, -0.15) is 0 Å². The van der Waals surface area contributed by atoms with Gasteiger partial charge in [-0.1, -0.05) is 24.3 Å². The summed E-state index contributed by atoms with van der Waals surface area (Å²) < 4.78 is 26.7. The van der Waals surface area contributed by atoms with Gasteiger partial charge >= 0.3 is 0 Å². The van der Waals surface area contributed by atoms with Gasteiger partial charge in [0.1, 0.15) is 11.6 Å². The Labute approximate surface area is 137 Å². The van der Waals surface area contributed by atoms with Crippen LogP contribution < -0.4 is 5.32 Å². The van der Waals surface area contributed by atoms with Gasteiger partial charge in [0.25, 0.3) is 0 Å². The van der Waals surface area contributed by atoms with Crippen molar-refractivity contribution < 1.29 is 8.78 Å². The SMILES string of the molecule is CC(C)N(C)Cc1cccc(CNCc2cc(F)ccc2F)c1. The average molecular weight is 318 g/mol. The molecule has 124 valence electrons. The van der Waals surface area contributed by atoms with Gasteiger partial charge < -0.3 is 5.32 Å². The lowest BCUT2D eigenvalue weighted by Crippen LogP contribution is -2.25. The van der Waals surface area contributed by atoms with Crippen molar-refractivity contribution in [3.8, 4) is 0 Å². The third-order valence-corrected chi connectivity index (χ3v) is 3.96. The second-order valence-corrected chi connectivity index (χ2v) is 6.17. The Bertz CT molecular complexity index is 641. The Balaban J connectivity index is 1.92. The molecule has 0 aliphatic rings. The van der Waals surface area contributed by atoms with Gasteiger partial charge in [-0.15, -0.1) is 0 Å². The first-order valence-electron chi connectivity index (χ1n) is 7.88. The van der Waals surface area contributed by atoms with Crippen LogP contribution in [-0.2, 0) is 19.6 Å². The van der Waals surface area contributed by atoms with Gasteiger partial charge in [0.2, 0.25) is 0 Å². The first-order chi connectivity index (χ1) is 11.0. The molecule has 0 spiro atoms. The highest BCUT2D eigenvalue weighted by Gasteiger charge is 2.06. The summed E-state index contributed by atoms with van der Waals surface area (Å²) in [6, 6.07) is 12.3. The summed E-state index contributed by atoms with van der Waals surface area (Å²) in [5.41, 5.74) is 2.73. The van der Waals surface area contributed by atoms with Crippen molar-refractivity contribution in [3.05, 3.63) is 70.8 Å². The zero-order chi connectivity index (χ0) is 16.8. The van der Waals surface area contributed by atoms with Crippen LogP contribution in [0.4, 0.5) is 8.78 Å². The molecule has 0 atom stereocenters. The molecule has 0 aromatic heterocycles. The fourth-order valence-electron chi connectivity index (χ4n) is 2.33. The van der Waals surface area contributed by atoms with E-state index in [1.807, 2.05) is 12.1 Å². The summed E-state index contributed by atoms with van der Waals surface area (Å²) in [6.07, 6.45) is 0. The van der Waals surface area contributed by atoms with E-state index >= 15 is 0 Å². The van der Waals surface area contributed by atoms with E-state index in [9.17, 15) is 8.78 Å². The maximum absolute atomic E-state index is 13.6.